The number of hydrogen-bond donors (Lipinski definition) is 3. The van der Waals surface area contributed by atoms with Gasteiger partial charge in [-0.15, -0.1) is 5.10 Å². The lowest BCUT2D eigenvalue weighted by Crippen LogP contribution is -2.63. The van der Waals surface area contributed by atoms with Gasteiger partial charge in [-0.25, -0.2) is 22.6 Å². The van der Waals surface area contributed by atoms with Gasteiger partial charge in [-0.2, -0.15) is 0 Å². The zero-order valence-electron chi connectivity index (χ0n) is 16.5. The van der Waals surface area contributed by atoms with Gasteiger partial charge in [0.25, 0.3) is 0 Å². The van der Waals surface area contributed by atoms with Crippen LogP contribution in [0.2, 0.25) is 0 Å². The Morgan fingerprint density at radius 3 is 2.62 bits per heavy atom. The smallest absolute Gasteiger partial charge is 0.329 e. The summed E-state index contributed by atoms with van der Waals surface area (Å²) in [4.78, 5) is 11.1. The average Bonchev–Trinajstić information content (AvgIpc) is 3.42. The van der Waals surface area contributed by atoms with Crippen LogP contribution in [0.3, 0.4) is 0 Å². The van der Waals surface area contributed by atoms with Crippen LogP contribution in [0.5, 0.6) is 0 Å². The van der Waals surface area contributed by atoms with Crippen LogP contribution in [0.25, 0.3) is 11.3 Å². The molecule has 1 aromatic carbocycles. The second-order valence-corrected chi connectivity index (χ2v) is 7.55. The number of nitrogens with zero attached hydrogens (tertiary/aromatic N) is 3. The van der Waals surface area contributed by atoms with Crippen molar-refractivity contribution in [3.8, 4) is 11.3 Å². The minimum atomic E-state index is -1.63. The molecule has 0 unspecified atom stereocenters. The molecule has 2 aromatic rings. The number of aliphatic hydroxyl groups excluding tert-OH is 2. The third-order valence-corrected chi connectivity index (χ3v) is 5.50. The van der Waals surface area contributed by atoms with Crippen molar-refractivity contribution in [1.82, 2.24) is 15.0 Å². The molecule has 2 aliphatic rings. The number of carboxylic acid groups (broad SMARTS) is 1. The van der Waals surface area contributed by atoms with E-state index in [0.29, 0.717) is 12.8 Å². The van der Waals surface area contributed by atoms with Crippen LogP contribution in [-0.4, -0.2) is 80.2 Å². The summed E-state index contributed by atoms with van der Waals surface area (Å²) in [7, 11) is 0. The Kier molecular flexibility index (Phi) is 6.18. The molecule has 174 valence electrons. The van der Waals surface area contributed by atoms with E-state index in [2.05, 4.69) is 10.3 Å². The predicted molar refractivity (Wildman–Crippen MR) is 97.6 cm³/mol. The third kappa shape index (κ3) is 3.97. The van der Waals surface area contributed by atoms with Gasteiger partial charge < -0.3 is 29.5 Å². The van der Waals surface area contributed by atoms with Crippen molar-refractivity contribution in [3.05, 3.63) is 35.8 Å². The molecule has 0 radical (unpaired) electrons. The molecule has 2 saturated heterocycles. The average molecular weight is 459 g/mol. The Hall–Kier alpha value is -2.58. The van der Waals surface area contributed by atoms with Gasteiger partial charge >= 0.3 is 5.97 Å². The number of hydrogen-bond acceptors (Lipinski definition) is 8. The molecule has 0 bridgehead atoms. The SMILES string of the molecule is O=C(O)CO[C@@H]1[C@@H](n2cc(-c3cc(F)c(F)c(F)c3)nn2)[C@@H](O)[C@@H](CO)O[C@@]12CCCO2. The molecular weight excluding hydrogens is 439 g/mol. The van der Waals surface area contributed by atoms with Crippen molar-refractivity contribution in [2.45, 2.75) is 43.0 Å². The number of carbonyl (C=O) groups is 1. The molecule has 2 aliphatic heterocycles. The summed E-state index contributed by atoms with van der Waals surface area (Å²) in [6, 6.07) is 0.350. The van der Waals surface area contributed by atoms with E-state index in [-0.39, 0.29) is 17.9 Å². The van der Waals surface area contributed by atoms with Crippen LogP contribution in [0.15, 0.2) is 18.3 Å². The van der Waals surface area contributed by atoms with Gasteiger partial charge in [-0.05, 0) is 18.6 Å². The van der Waals surface area contributed by atoms with E-state index in [1.165, 1.54) is 6.20 Å². The van der Waals surface area contributed by atoms with Crippen molar-refractivity contribution in [2.75, 3.05) is 19.8 Å². The predicted octanol–water partition coefficient (Wildman–Crippen LogP) is 0.632. The summed E-state index contributed by atoms with van der Waals surface area (Å²) in [6.45, 7) is -1.03. The number of benzene rings is 1. The van der Waals surface area contributed by atoms with Crippen LogP contribution in [0.4, 0.5) is 13.2 Å². The van der Waals surface area contributed by atoms with Crippen LogP contribution >= 0.6 is 0 Å². The highest BCUT2D eigenvalue weighted by molar-refractivity contribution is 5.68. The van der Waals surface area contributed by atoms with Crippen molar-refractivity contribution in [2.24, 2.45) is 0 Å². The molecule has 5 atom stereocenters. The molecular formula is C19H20F3N3O7. The monoisotopic (exact) mass is 459 g/mol. The Bertz CT molecular complexity index is 975. The summed E-state index contributed by atoms with van der Waals surface area (Å²) in [5.41, 5.74) is -0.150. The normalized spacial score (nSPS) is 30.2. The first-order valence-corrected chi connectivity index (χ1v) is 9.76. The first-order chi connectivity index (χ1) is 15.3. The number of carboxylic acids is 1. The van der Waals surface area contributed by atoms with E-state index < -0.39 is 66.8 Å². The van der Waals surface area contributed by atoms with Crippen molar-refractivity contribution < 1.29 is 47.5 Å². The van der Waals surface area contributed by atoms with Gasteiger partial charge in [-0.3, -0.25) is 0 Å². The molecule has 0 aliphatic carbocycles. The summed E-state index contributed by atoms with van der Waals surface area (Å²) in [5.74, 6) is -7.18. The van der Waals surface area contributed by atoms with Gasteiger partial charge in [0, 0.05) is 12.0 Å². The largest absolute Gasteiger partial charge is 0.480 e. The number of rotatable bonds is 6. The zero-order chi connectivity index (χ0) is 23.0. The lowest BCUT2D eigenvalue weighted by molar-refractivity contribution is -0.345. The van der Waals surface area contributed by atoms with Gasteiger partial charge in [0.1, 0.15) is 36.7 Å². The first kappa shape index (κ1) is 22.6. The van der Waals surface area contributed by atoms with Gasteiger partial charge in [0.2, 0.25) is 0 Å². The Balaban J connectivity index is 1.74. The Morgan fingerprint density at radius 2 is 2.03 bits per heavy atom. The number of aliphatic hydroxyl groups is 2. The second kappa shape index (κ2) is 8.75. The maximum absolute atomic E-state index is 13.6. The van der Waals surface area contributed by atoms with E-state index in [4.69, 9.17) is 19.3 Å². The van der Waals surface area contributed by atoms with Crippen molar-refractivity contribution in [3.63, 3.8) is 0 Å². The molecule has 10 nitrogen and oxygen atoms in total. The fraction of sp³-hybridized carbons (Fsp3) is 0.526. The van der Waals surface area contributed by atoms with Crippen molar-refractivity contribution >= 4 is 5.97 Å². The molecule has 1 spiro atoms. The zero-order valence-corrected chi connectivity index (χ0v) is 16.5. The molecule has 13 heteroatoms. The number of halogens is 3. The number of ether oxygens (including phenoxy) is 3. The van der Waals surface area contributed by atoms with Crippen LogP contribution in [-0.2, 0) is 19.0 Å². The molecule has 32 heavy (non-hydrogen) atoms. The van der Waals surface area contributed by atoms with Gasteiger partial charge in [0.05, 0.1) is 19.4 Å². The maximum atomic E-state index is 13.6. The molecule has 0 amide bonds. The quantitative estimate of drug-likeness (QED) is 0.532. The fourth-order valence-electron chi connectivity index (χ4n) is 4.09. The van der Waals surface area contributed by atoms with Gasteiger partial charge in [0.15, 0.2) is 23.2 Å². The van der Waals surface area contributed by atoms with E-state index in [1.807, 2.05) is 0 Å². The fourth-order valence-corrected chi connectivity index (χ4v) is 4.09. The highest BCUT2D eigenvalue weighted by Crippen LogP contribution is 2.44. The molecule has 1 aromatic heterocycles. The van der Waals surface area contributed by atoms with Crippen LogP contribution in [0.1, 0.15) is 18.9 Å². The number of aliphatic carboxylic acids is 1. The summed E-state index contributed by atoms with van der Waals surface area (Å²) >= 11 is 0. The molecule has 2 fully saturated rings. The van der Waals surface area contributed by atoms with E-state index in [1.54, 1.807) is 0 Å². The topological polar surface area (TPSA) is 136 Å². The maximum Gasteiger partial charge on any atom is 0.329 e. The number of aromatic nitrogens is 3. The Morgan fingerprint density at radius 1 is 1.31 bits per heavy atom. The molecule has 3 heterocycles. The van der Waals surface area contributed by atoms with E-state index >= 15 is 0 Å². The second-order valence-electron chi connectivity index (χ2n) is 7.55. The third-order valence-electron chi connectivity index (χ3n) is 5.50. The van der Waals surface area contributed by atoms with E-state index in [9.17, 15) is 28.2 Å². The first-order valence-electron chi connectivity index (χ1n) is 9.76. The Labute approximate surface area is 179 Å². The minimum absolute atomic E-state index is 0.0413. The lowest BCUT2D eigenvalue weighted by atomic mass is 9.88. The standard InChI is InChI=1S/C19H20F3N3O7/c20-10-4-9(5-11(21)15(10)22)12-6-25(24-23-12)16-17(29)13(7-26)32-19(2-1-3-31-19)18(16)30-8-14(27)28/h4-6,13,16-18,26,29H,1-3,7-8H2,(H,27,28)/t13-,16+,17+,18-,19+/m1/s1. The highest BCUT2D eigenvalue weighted by Gasteiger charge is 2.58. The van der Waals surface area contributed by atoms with Gasteiger partial charge in [-0.1, -0.05) is 5.21 Å². The highest BCUT2D eigenvalue weighted by atomic mass is 19.2. The molecule has 4 rings (SSSR count). The lowest BCUT2D eigenvalue weighted by Gasteiger charge is -2.49. The van der Waals surface area contributed by atoms with Crippen LogP contribution in [0, 0.1) is 17.5 Å². The van der Waals surface area contributed by atoms with E-state index in [0.717, 1.165) is 16.8 Å². The van der Waals surface area contributed by atoms with Crippen LogP contribution < -0.4 is 0 Å². The summed E-state index contributed by atoms with van der Waals surface area (Å²) in [6.07, 6.45) is -1.62. The van der Waals surface area contributed by atoms with Crippen molar-refractivity contribution in [1.29, 1.82) is 0 Å². The molecule has 3 N–H and O–H groups in total. The molecule has 0 saturated carbocycles. The summed E-state index contributed by atoms with van der Waals surface area (Å²) in [5, 5.41) is 37.4. The summed E-state index contributed by atoms with van der Waals surface area (Å²) < 4.78 is 58.7. The minimum Gasteiger partial charge on any atom is -0.480 e.